The highest BCUT2D eigenvalue weighted by atomic mass is 15.3. The third-order valence-corrected chi connectivity index (χ3v) is 3.61. The molecule has 3 rings (SSSR count). The number of anilines is 1. The lowest BCUT2D eigenvalue weighted by atomic mass is 10.1. The van der Waals surface area contributed by atoms with E-state index in [-0.39, 0.29) is 0 Å². The van der Waals surface area contributed by atoms with Crippen LogP contribution < -0.4 is 10.6 Å². The van der Waals surface area contributed by atoms with Gasteiger partial charge in [-0.15, -0.1) is 0 Å². The van der Waals surface area contributed by atoms with Gasteiger partial charge in [-0.05, 0) is 31.1 Å². The predicted molar refractivity (Wildman–Crippen MR) is 93.8 cm³/mol. The first-order valence-electron chi connectivity index (χ1n) is 7.92. The second-order valence-electron chi connectivity index (χ2n) is 5.43. The number of dihydropyridines is 1. The van der Waals surface area contributed by atoms with Crippen LogP contribution in [0.25, 0.3) is 5.57 Å². The van der Waals surface area contributed by atoms with Crippen LogP contribution in [0.2, 0.25) is 0 Å². The van der Waals surface area contributed by atoms with E-state index < -0.39 is 0 Å². The molecule has 1 aliphatic heterocycles. The van der Waals surface area contributed by atoms with Gasteiger partial charge < -0.3 is 10.6 Å². The minimum Gasteiger partial charge on any atom is -0.361 e. The molecule has 0 radical (unpaired) electrons. The number of allylic oxidation sites excluding steroid dienone is 4. The summed E-state index contributed by atoms with van der Waals surface area (Å²) in [6.07, 6.45) is 13.2. The second-order valence-corrected chi connectivity index (χ2v) is 5.43. The van der Waals surface area contributed by atoms with Gasteiger partial charge in [-0.2, -0.15) is 10.4 Å². The van der Waals surface area contributed by atoms with Crippen LogP contribution in [-0.2, 0) is 6.54 Å². The average Bonchev–Trinajstić information content (AvgIpc) is 3.16. The Bertz CT molecular complexity index is 855. The molecule has 0 atom stereocenters. The average molecular weight is 334 g/mol. The number of nitriles is 1. The van der Waals surface area contributed by atoms with Gasteiger partial charge in [-0.3, -0.25) is 4.68 Å². The molecule has 2 aromatic heterocycles. The topological polar surface area (TPSA) is 104 Å². The minimum absolute atomic E-state index is 0.492. The summed E-state index contributed by atoms with van der Waals surface area (Å²) >= 11 is 0. The maximum atomic E-state index is 9.56. The molecule has 2 aromatic rings. The van der Waals surface area contributed by atoms with Crippen LogP contribution in [0.1, 0.15) is 17.7 Å². The molecule has 3 heterocycles. The summed E-state index contributed by atoms with van der Waals surface area (Å²) in [5, 5.41) is 19.9. The summed E-state index contributed by atoms with van der Waals surface area (Å²) in [6, 6.07) is 2.24. The quantitative estimate of drug-likeness (QED) is 0.613. The highest BCUT2D eigenvalue weighted by Crippen LogP contribution is 2.21. The van der Waals surface area contributed by atoms with Crippen LogP contribution in [-0.4, -0.2) is 31.3 Å². The Kier molecular flexibility index (Phi) is 5.16. The molecule has 0 aromatic carbocycles. The maximum Gasteiger partial charge on any atom is 0.223 e. The van der Waals surface area contributed by atoms with Gasteiger partial charge in [0.2, 0.25) is 5.95 Å². The van der Waals surface area contributed by atoms with Gasteiger partial charge in [-0.1, -0.05) is 6.08 Å². The van der Waals surface area contributed by atoms with Crippen molar-refractivity contribution in [3.05, 3.63) is 60.2 Å². The first-order chi connectivity index (χ1) is 12.3. The van der Waals surface area contributed by atoms with E-state index in [9.17, 15) is 5.26 Å². The number of hydrogen-bond acceptors (Lipinski definition) is 7. The molecular weight excluding hydrogens is 316 g/mol. The Hall–Kier alpha value is -3.47. The number of rotatable bonds is 6. The summed E-state index contributed by atoms with van der Waals surface area (Å²) in [5.41, 5.74) is 2.69. The van der Waals surface area contributed by atoms with E-state index in [2.05, 4.69) is 36.8 Å². The summed E-state index contributed by atoms with van der Waals surface area (Å²) in [4.78, 5) is 12.7. The third-order valence-electron chi connectivity index (χ3n) is 3.61. The van der Waals surface area contributed by atoms with Gasteiger partial charge in [-0.25, -0.2) is 15.0 Å². The molecule has 0 amide bonds. The summed E-state index contributed by atoms with van der Waals surface area (Å²) in [7, 11) is 0. The molecule has 0 unspecified atom stereocenters. The van der Waals surface area contributed by atoms with Crippen LogP contribution in [0.15, 0.2) is 49.0 Å². The Morgan fingerprint density at radius 3 is 3.04 bits per heavy atom. The van der Waals surface area contributed by atoms with E-state index in [1.807, 2.05) is 25.2 Å². The molecule has 126 valence electrons. The van der Waals surface area contributed by atoms with Gasteiger partial charge >= 0.3 is 0 Å². The van der Waals surface area contributed by atoms with Crippen LogP contribution in [0, 0.1) is 18.3 Å². The smallest absolute Gasteiger partial charge is 0.223 e. The first-order valence-corrected chi connectivity index (χ1v) is 7.92. The molecule has 0 aliphatic carbocycles. The maximum absolute atomic E-state index is 9.56. The van der Waals surface area contributed by atoms with Crippen LogP contribution in [0.5, 0.6) is 0 Å². The van der Waals surface area contributed by atoms with Crippen molar-refractivity contribution in [2.75, 3.05) is 11.9 Å². The zero-order chi connectivity index (χ0) is 17.5. The Morgan fingerprint density at radius 2 is 2.32 bits per heavy atom. The van der Waals surface area contributed by atoms with Crippen LogP contribution in [0.4, 0.5) is 5.95 Å². The Labute approximate surface area is 145 Å². The van der Waals surface area contributed by atoms with Crippen molar-refractivity contribution in [2.45, 2.75) is 19.9 Å². The number of aromatic nitrogens is 5. The van der Waals surface area contributed by atoms with E-state index in [0.717, 1.165) is 24.2 Å². The molecule has 0 saturated heterocycles. The van der Waals surface area contributed by atoms with Crippen molar-refractivity contribution in [2.24, 2.45) is 0 Å². The lowest BCUT2D eigenvalue weighted by Crippen LogP contribution is -2.12. The molecule has 1 aliphatic rings. The zero-order valence-electron chi connectivity index (χ0n) is 13.8. The lowest BCUT2D eigenvalue weighted by Gasteiger charge is -2.12. The van der Waals surface area contributed by atoms with Crippen molar-refractivity contribution in [3.63, 3.8) is 0 Å². The van der Waals surface area contributed by atoms with Crippen LogP contribution in [0.3, 0.4) is 0 Å². The zero-order valence-corrected chi connectivity index (χ0v) is 13.8. The van der Waals surface area contributed by atoms with E-state index in [4.69, 9.17) is 0 Å². The van der Waals surface area contributed by atoms with Crippen LogP contribution >= 0.6 is 0 Å². The molecule has 0 spiro atoms. The van der Waals surface area contributed by atoms with E-state index >= 15 is 0 Å². The lowest BCUT2D eigenvalue weighted by molar-refractivity contribution is 0.589. The fourth-order valence-electron chi connectivity index (χ4n) is 2.36. The molecule has 25 heavy (non-hydrogen) atoms. The van der Waals surface area contributed by atoms with Crippen molar-refractivity contribution < 1.29 is 0 Å². The number of nitrogens with zero attached hydrogens (tertiary/aromatic N) is 6. The Morgan fingerprint density at radius 1 is 1.40 bits per heavy atom. The summed E-state index contributed by atoms with van der Waals surface area (Å²) < 4.78 is 1.77. The summed E-state index contributed by atoms with van der Waals surface area (Å²) in [5.74, 6) is 0.503. The molecule has 0 bridgehead atoms. The van der Waals surface area contributed by atoms with E-state index in [0.29, 0.717) is 23.8 Å². The first kappa shape index (κ1) is 16.4. The van der Waals surface area contributed by atoms with Crippen molar-refractivity contribution in [1.82, 2.24) is 30.0 Å². The highest BCUT2D eigenvalue weighted by Gasteiger charge is 2.13. The SMILES string of the molecule is Cc1cnc(NCCCn2cncn2)nc1C(C#N)=C1C=CC=CN1. The van der Waals surface area contributed by atoms with Crippen molar-refractivity contribution in [1.29, 1.82) is 5.26 Å². The molecule has 2 N–H and O–H groups in total. The van der Waals surface area contributed by atoms with Gasteiger partial charge in [0.15, 0.2) is 0 Å². The number of hydrogen-bond donors (Lipinski definition) is 2. The van der Waals surface area contributed by atoms with Gasteiger partial charge in [0, 0.05) is 25.5 Å². The minimum atomic E-state index is 0.492. The number of aryl methyl sites for hydroxylation is 2. The molecular formula is C17H18N8. The predicted octanol–water partition coefficient (Wildman–Crippen LogP) is 1.79. The van der Waals surface area contributed by atoms with Gasteiger partial charge in [0.1, 0.15) is 24.3 Å². The fraction of sp³-hybridized carbons (Fsp3) is 0.235. The molecule has 8 nitrogen and oxygen atoms in total. The molecule has 0 fully saturated rings. The van der Waals surface area contributed by atoms with E-state index in [1.165, 1.54) is 6.33 Å². The van der Waals surface area contributed by atoms with Crippen molar-refractivity contribution >= 4 is 11.5 Å². The largest absolute Gasteiger partial charge is 0.361 e. The summed E-state index contributed by atoms with van der Waals surface area (Å²) in [6.45, 7) is 3.35. The van der Waals surface area contributed by atoms with Gasteiger partial charge in [0.25, 0.3) is 0 Å². The highest BCUT2D eigenvalue weighted by molar-refractivity contribution is 5.80. The third kappa shape index (κ3) is 4.09. The molecule has 0 saturated carbocycles. The Balaban J connectivity index is 1.71. The second kappa shape index (κ2) is 7.88. The monoisotopic (exact) mass is 334 g/mol. The molecule has 8 heteroatoms. The van der Waals surface area contributed by atoms with Crippen molar-refractivity contribution in [3.8, 4) is 6.07 Å². The fourth-order valence-corrected chi connectivity index (χ4v) is 2.36. The normalized spacial score (nSPS) is 14.7. The van der Waals surface area contributed by atoms with Gasteiger partial charge in [0.05, 0.1) is 11.4 Å². The standard InChI is InChI=1S/C17H18N8/c1-13-10-22-17(21-7-4-8-25-12-19-11-23-25)24-16(13)14(9-18)15-5-2-3-6-20-15/h2-3,5-6,10-12,20H,4,7-8H2,1H3,(H,21,22,24). The van der Waals surface area contributed by atoms with E-state index in [1.54, 1.807) is 23.4 Å². The number of nitrogens with one attached hydrogen (secondary N) is 2.